The van der Waals surface area contributed by atoms with Crippen LogP contribution in [0.3, 0.4) is 0 Å². The van der Waals surface area contributed by atoms with Crippen molar-refractivity contribution < 1.29 is 18.9 Å². The van der Waals surface area contributed by atoms with Gasteiger partial charge in [0, 0.05) is 24.2 Å². The number of hydrogen-bond acceptors (Lipinski definition) is 5. The van der Waals surface area contributed by atoms with E-state index in [2.05, 4.69) is 5.32 Å². The van der Waals surface area contributed by atoms with Crippen LogP contribution in [-0.4, -0.2) is 16.6 Å². The number of ketones is 1. The van der Waals surface area contributed by atoms with Crippen LogP contribution < -0.4 is 5.32 Å². The van der Waals surface area contributed by atoms with E-state index < -0.39 is 4.92 Å². The third kappa shape index (κ3) is 4.39. The Morgan fingerprint density at radius 2 is 1.86 bits per heavy atom. The molecule has 0 atom stereocenters. The van der Waals surface area contributed by atoms with Crippen LogP contribution in [0.4, 0.5) is 11.4 Å². The molecule has 0 radical (unpaired) electrons. The van der Waals surface area contributed by atoms with Gasteiger partial charge in [0.15, 0.2) is 5.78 Å². The molecular formula is C21H16N2O5. The van der Waals surface area contributed by atoms with Gasteiger partial charge in [0.1, 0.15) is 11.5 Å². The van der Waals surface area contributed by atoms with E-state index in [0.717, 1.165) is 0 Å². The number of nitrogens with one attached hydrogen (secondary N) is 1. The van der Waals surface area contributed by atoms with E-state index in [9.17, 15) is 19.7 Å². The molecule has 0 unspecified atom stereocenters. The lowest BCUT2D eigenvalue weighted by Crippen LogP contribution is -2.06. The van der Waals surface area contributed by atoms with Crippen LogP contribution in [-0.2, 0) is 4.79 Å². The van der Waals surface area contributed by atoms with Gasteiger partial charge in [-0.3, -0.25) is 19.7 Å². The molecule has 0 aliphatic carbocycles. The Morgan fingerprint density at radius 1 is 1.07 bits per heavy atom. The number of rotatable bonds is 6. The molecule has 1 N–H and O–H groups in total. The van der Waals surface area contributed by atoms with Crippen molar-refractivity contribution in [2.24, 2.45) is 0 Å². The number of nitro benzene ring substituents is 1. The minimum Gasteiger partial charge on any atom is -0.456 e. The first-order valence-electron chi connectivity index (χ1n) is 8.38. The lowest BCUT2D eigenvalue weighted by Gasteiger charge is -2.03. The van der Waals surface area contributed by atoms with Crippen molar-refractivity contribution in [1.82, 2.24) is 0 Å². The summed E-state index contributed by atoms with van der Waals surface area (Å²) >= 11 is 0. The molecule has 1 aromatic heterocycles. The van der Waals surface area contributed by atoms with E-state index in [-0.39, 0.29) is 17.4 Å². The molecule has 0 aliphatic rings. The predicted molar refractivity (Wildman–Crippen MR) is 105 cm³/mol. The topological polar surface area (TPSA) is 102 Å². The third-order valence-electron chi connectivity index (χ3n) is 3.86. The second kappa shape index (κ2) is 8.13. The highest BCUT2D eigenvalue weighted by Crippen LogP contribution is 2.31. The Bertz CT molecular complexity index is 1080. The van der Waals surface area contributed by atoms with Gasteiger partial charge in [-0.05, 0) is 42.5 Å². The fourth-order valence-electron chi connectivity index (χ4n) is 2.64. The normalized spacial score (nSPS) is 10.8. The van der Waals surface area contributed by atoms with E-state index >= 15 is 0 Å². The van der Waals surface area contributed by atoms with Gasteiger partial charge in [-0.2, -0.15) is 0 Å². The minimum absolute atomic E-state index is 0.0572. The summed E-state index contributed by atoms with van der Waals surface area (Å²) in [4.78, 5) is 34.1. The summed E-state index contributed by atoms with van der Waals surface area (Å²) in [6.45, 7) is 1.39. The fourth-order valence-corrected chi connectivity index (χ4v) is 2.64. The molecule has 0 spiro atoms. The lowest BCUT2D eigenvalue weighted by molar-refractivity contribution is -0.384. The second-order valence-electron chi connectivity index (χ2n) is 5.94. The average molecular weight is 376 g/mol. The SMILES string of the molecule is CC(=O)Nc1cccc(C(=O)C=Cc2ccc(-c3ccccc3[N+](=O)[O-])o2)c1. The molecule has 0 bridgehead atoms. The summed E-state index contributed by atoms with van der Waals surface area (Å²) in [6.07, 6.45) is 2.83. The van der Waals surface area contributed by atoms with E-state index in [1.807, 2.05) is 0 Å². The highest BCUT2D eigenvalue weighted by atomic mass is 16.6. The van der Waals surface area contributed by atoms with E-state index in [0.29, 0.717) is 28.3 Å². The van der Waals surface area contributed by atoms with Crippen LogP contribution in [0.2, 0.25) is 0 Å². The fraction of sp³-hybridized carbons (Fsp3) is 0.0476. The summed E-state index contributed by atoms with van der Waals surface area (Å²) in [5, 5.41) is 13.8. The first kappa shape index (κ1) is 18.8. The van der Waals surface area contributed by atoms with Gasteiger partial charge >= 0.3 is 0 Å². The predicted octanol–water partition coefficient (Wildman–Crippen LogP) is 4.71. The molecule has 140 valence electrons. The number of para-hydroxylation sites is 1. The molecule has 3 rings (SSSR count). The number of benzene rings is 2. The monoisotopic (exact) mass is 376 g/mol. The average Bonchev–Trinajstić information content (AvgIpc) is 3.14. The Balaban J connectivity index is 1.79. The number of anilines is 1. The standard InChI is InChI=1S/C21H16N2O5/c1-14(24)22-16-6-4-5-15(13-16)20(25)11-9-17-10-12-21(28-17)18-7-2-3-8-19(18)23(26)27/h2-13H,1H3,(H,22,24). The highest BCUT2D eigenvalue weighted by molar-refractivity contribution is 6.07. The highest BCUT2D eigenvalue weighted by Gasteiger charge is 2.16. The molecule has 2 aromatic carbocycles. The molecule has 3 aromatic rings. The van der Waals surface area contributed by atoms with Crippen molar-refractivity contribution in [2.45, 2.75) is 6.92 Å². The number of nitrogens with zero attached hydrogens (tertiary/aromatic N) is 1. The van der Waals surface area contributed by atoms with Gasteiger partial charge in [-0.25, -0.2) is 0 Å². The molecule has 7 nitrogen and oxygen atoms in total. The summed E-state index contributed by atoms with van der Waals surface area (Å²) in [5.41, 5.74) is 1.25. The molecular weight excluding hydrogens is 360 g/mol. The zero-order valence-corrected chi connectivity index (χ0v) is 14.9. The number of nitro groups is 1. The van der Waals surface area contributed by atoms with Gasteiger partial charge < -0.3 is 9.73 Å². The zero-order chi connectivity index (χ0) is 20.1. The largest absolute Gasteiger partial charge is 0.456 e. The van der Waals surface area contributed by atoms with Crippen LogP contribution >= 0.6 is 0 Å². The van der Waals surface area contributed by atoms with Crippen molar-refractivity contribution in [2.75, 3.05) is 5.32 Å². The summed E-state index contributed by atoms with van der Waals surface area (Å²) in [7, 11) is 0. The van der Waals surface area contributed by atoms with E-state index in [4.69, 9.17) is 4.42 Å². The summed E-state index contributed by atoms with van der Waals surface area (Å²) < 4.78 is 5.62. The number of allylic oxidation sites excluding steroid dienone is 1. The molecule has 0 saturated carbocycles. The maximum atomic E-state index is 12.3. The van der Waals surface area contributed by atoms with Gasteiger partial charge in [0.2, 0.25) is 5.91 Å². The smallest absolute Gasteiger partial charge is 0.280 e. The third-order valence-corrected chi connectivity index (χ3v) is 3.86. The number of hydrogen-bond donors (Lipinski definition) is 1. The van der Waals surface area contributed by atoms with Crippen molar-refractivity contribution in [1.29, 1.82) is 0 Å². The van der Waals surface area contributed by atoms with Crippen molar-refractivity contribution >= 4 is 29.1 Å². The molecule has 7 heteroatoms. The Labute approximate surface area is 160 Å². The molecule has 28 heavy (non-hydrogen) atoms. The lowest BCUT2D eigenvalue weighted by atomic mass is 10.1. The summed E-state index contributed by atoms with van der Waals surface area (Å²) in [5.74, 6) is 0.237. The molecule has 1 heterocycles. The summed E-state index contributed by atoms with van der Waals surface area (Å²) in [6, 6.07) is 16.1. The van der Waals surface area contributed by atoms with Gasteiger partial charge in [-0.1, -0.05) is 24.3 Å². The van der Waals surface area contributed by atoms with E-state index in [1.165, 1.54) is 25.1 Å². The van der Waals surface area contributed by atoms with Gasteiger partial charge in [-0.15, -0.1) is 0 Å². The maximum absolute atomic E-state index is 12.3. The van der Waals surface area contributed by atoms with Crippen LogP contribution in [0.1, 0.15) is 23.0 Å². The number of furan rings is 1. The quantitative estimate of drug-likeness (QED) is 0.290. The Hall–Kier alpha value is -4.00. The molecule has 0 fully saturated rings. The first-order chi connectivity index (χ1) is 13.4. The first-order valence-corrected chi connectivity index (χ1v) is 8.38. The second-order valence-corrected chi connectivity index (χ2v) is 5.94. The van der Waals surface area contributed by atoms with Crippen LogP contribution in [0, 0.1) is 10.1 Å². The van der Waals surface area contributed by atoms with Crippen LogP contribution in [0.25, 0.3) is 17.4 Å². The minimum atomic E-state index is -0.473. The zero-order valence-electron chi connectivity index (χ0n) is 14.9. The van der Waals surface area contributed by atoms with Crippen LogP contribution in [0.15, 0.2) is 71.2 Å². The number of carbonyl (C=O) groups excluding carboxylic acids is 2. The Morgan fingerprint density at radius 3 is 2.61 bits per heavy atom. The number of amides is 1. The van der Waals surface area contributed by atoms with Crippen LogP contribution in [0.5, 0.6) is 0 Å². The van der Waals surface area contributed by atoms with Crippen molar-refractivity contribution in [3.8, 4) is 11.3 Å². The van der Waals surface area contributed by atoms with Crippen molar-refractivity contribution in [3.63, 3.8) is 0 Å². The molecule has 0 saturated heterocycles. The molecule has 1 amide bonds. The van der Waals surface area contributed by atoms with Crippen molar-refractivity contribution in [3.05, 3.63) is 88.2 Å². The van der Waals surface area contributed by atoms with E-state index in [1.54, 1.807) is 54.6 Å². The van der Waals surface area contributed by atoms with Gasteiger partial charge in [0.05, 0.1) is 10.5 Å². The number of carbonyl (C=O) groups is 2. The molecule has 0 aliphatic heterocycles. The Kier molecular flexibility index (Phi) is 5.45. The van der Waals surface area contributed by atoms with Gasteiger partial charge in [0.25, 0.3) is 5.69 Å². The maximum Gasteiger partial charge on any atom is 0.280 e.